The summed E-state index contributed by atoms with van der Waals surface area (Å²) >= 11 is 2.66. The number of thioether (sulfide) groups is 1. The molecule has 4 rings (SSSR count). The maximum Gasteiger partial charge on any atom is 0.228 e. The summed E-state index contributed by atoms with van der Waals surface area (Å²) in [5.41, 5.74) is 3.18. The Bertz CT molecular complexity index is 991. The Morgan fingerprint density at radius 2 is 1.92 bits per heavy atom. The van der Waals surface area contributed by atoms with Crippen molar-refractivity contribution < 1.29 is 4.79 Å². The van der Waals surface area contributed by atoms with E-state index in [2.05, 4.69) is 15.2 Å². The summed E-state index contributed by atoms with van der Waals surface area (Å²) in [6.07, 6.45) is 3.18. The van der Waals surface area contributed by atoms with Crippen molar-refractivity contribution in [3.8, 4) is 5.69 Å². The van der Waals surface area contributed by atoms with E-state index in [4.69, 9.17) is 0 Å². The van der Waals surface area contributed by atoms with E-state index in [1.54, 1.807) is 12.4 Å². The number of hydrogen-bond acceptors (Lipinski definition) is 6. The first-order valence-electron chi connectivity index (χ1n) is 7.26. The maximum absolute atomic E-state index is 12.8. The lowest BCUT2D eigenvalue weighted by Gasteiger charge is -2.07. The molecule has 0 aliphatic carbocycles. The third-order valence-corrected chi connectivity index (χ3v) is 5.46. The number of nitrogens with zero attached hydrogens (tertiary/aromatic N) is 4. The molecule has 2 aromatic heterocycles. The zero-order valence-corrected chi connectivity index (χ0v) is 14.3. The van der Waals surface area contributed by atoms with Crippen LogP contribution in [0.4, 0.5) is 0 Å². The van der Waals surface area contributed by atoms with Crippen LogP contribution in [-0.2, 0) is 0 Å². The standard InChI is InChI=1S/C17H12N4OS2/c1-11-6-7-14(21-18-8-9-19-21)12(10-11)16(22)24-17-20-13-4-2-3-5-15(13)23-17/h2-10H,1H3. The van der Waals surface area contributed by atoms with Crippen LogP contribution in [0.25, 0.3) is 15.9 Å². The smallest absolute Gasteiger partial charge is 0.228 e. The van der Waals surface area contributed by atoms with Gasteiger partial charge in [-0.25, -0.2) is 4.98 Å². The minimum atomic E-state index is -0.0648. The van der Waals surface area contributed by atoms with Crippen molar-refractivity contribution >= 4 is 38.4 Å². The molecular weight excluding hydrogens is 340 g/mol. The molecular formula is C17H12N4OS2. The van der Waals surface area contributed by atoms with Crippen LogP contribution in [0.2, 0.25) is 0 Å². The van der Waals surface area contributed by atoms with E-state index < -0.39 is 0 Å². The summed E-state index contributed by atoms with van der Waals surface area (Å²) in [4.78, 5) is 18.8. The third kappa shape index (κ3) is 2.83. The largest absolute Gasteiger partial charge is 0.281 e. The summed E-state index contributed by atoms with van der Waals surface area (Å²) in [6, 6.07) is 13.5. The topological polar surface area (TPSA) is 60.7 Å². The predicted octanol–water partition coefficient (Wildman–Crippen LogP) is 4.12. The lowest BCUT2D eigenvalue weighted by Crippen LogP contribution is -2.06. The van der Waals surface area contributed by atoms with Crippen LogP contribution in [-0.4, -0.2) is 25.1 Å². The van der Waals surface area contributed by atoms with Gasteiger partial charge in [0.2, 0.25) is 5.12 Å². The average Bonchev–Trinajstić information content (AvgIpc) is 3.23. The van der Waals surface area contributed by atoms with Gasteiger partial charge >= 0.3 is 0 Å². The van der Waals surface area contributed by atoms with Crippen LogP contribution < -0.4 is 0 Å². The van der Waals surface area contributed by atoms with Crippen LogP contribution in [0.15, 0.2) is 59.2 Å². The van der Waals surface area contributed by atoms with Gasteiger partial charge < -0.3 is 0 Å². The zero-order chi connectivity index (χ0) is 16.5. The Hall–Kier alpha value is -2.51. The van der Waals surface area contributed by atoms with Crippen LogP contribution in [0.3, 0.4) is 0 Å². The number of carbonyl (C=O) groups is 1. The Balaban J connectivity index is 1.70. The SMILES string of the molecule is Cc1ccc(-n2nccn2)c(C(=O)Sc2nc3ccccc3s2)c1. The molecule has 2 aromatic carbocycles. The van der Waals surface area contributed by atoms with Crippen LogP contribution >= 0.6 is 23.1 Å². The number of carbonyl (C=O) groups excluding carboxylic acids is 1. The van der Waals surface area contributed by atoms with Gasteiger partial charge in [0.05, 0.1) is 33.9 Å². The zero-order valence-electron chi connectivity index (χ0n) is 12.7. The van der Waals surface area contributed by atoms with Gasteiger partial charge in [-0.15, -0.1) is 11.3 Å². The Morgan fingerprint density at radius 1 is 1.12 bits per heavy atom. The summed E-state index contributed by atoms with van der Waals surface area (Å²) in [5.74, 6) is 0. The lowest BCUT2D eigenvalue weighted by atomic mass is 10.1. The highest BCUT2D eigenvalue weighted by molar-refractivity contribution is 8.15. The first-order chi connectivity index (χ1) is 11.7. The second-order valence-electron chi connectivity index (χ2n) is 5.18. The Morgan fingerprint density at radius 3 is 2.71 bits per heavy atom. The van der Waals surface area contributed by atoms with Crippen molar-refractivity contribution in [3.05, 3.63) is 66.0 Å². The van der Waals surface area contributed by atoms with Gasteiger partial charge in [0.25, 0.3) is 0 Å². The van der Waals surface area contributed by atoms with Gasteiger partial charge in [0, 0.05) is 0 Å². The van der Waals surface area contributed by atoms with Gasteiger partial charge in [-0.05, 0) is 43.0 Å². The van der Waals surface area contributed by atoms with Crippen molar-refractivity contribution in [2.45, 2.75) is 11.3 Å². The van der Waals surface area contributed by atoms with E-state index >= 15 is 0 Å². The molecule has 0 bridgehead atoms. The molecule has 0 radical (unpaired) electrons. The first-order valence-corrected chi connectivity index (χ1v) is 8.89. The molecule has 0 aliphatic rings. The fourth-order valence-corrected chi connectivity index (χ4v) is 4.29. The Labute approximate surface area is 146 Å². The summed E-state index contributed by atoms with van der Waals surface area (Å²) in [5, 5.41) is 8.20. The number of hydrogen-bond donors (Lipinski definition) is 0. The molecule has 5 nitrogen and oxygen atoms in total. The molecule has 0 saturated heterocycles. The molecule has 0 amide bonds. The van der Waals surface area contributed by atoms with Crippen LogP contribution in [0.1, 0.15) is 15.9 Å². The van der Waals surface area contributed by atoms with Gasteiger partial charge in [0.1, 0.15) is 0 Å². The molecule has 24 heavy (non-hydrogen) atoms. The molecule has 118 valence electrons. The van der Waals surface area contributed by atoms with Crippen molar-refractivity contribution in [1.29, 1.82) is 0 Å². The van der Waals surface area contributed by atoms with E-state index in [-0.39, 0.29) is 5.12 Å². The lowest BCUT2D eigenvalue weighted by molar-refractivity contribution is 0.108. The van der Waals surface area contributed by atoms with Crippen molar-refractivity contribution in [2.24, 2.45) is 0 Å². The monoisotopic (exact) mass is 352 g/mol. The molecule has 7 heteroatoms. The molecule has 4 aromatic rings. The first kappa shape index (κ1) is 15.0. The van der Waals surface area contributed by atoms with E-state index in [0.29, 0.717) is 11.3 Å². The highest BCUT2D eigenvalue weighted by atomic mass is 32.2. The molecule has 0 N–H and O–H groups in total. The molecule has 0 unspecified atom stereocenters. The number of fused-ring (bicyclic) bond motifs is 1. The van der Waals surface area contributed by atoms with E-state index in [1.807, 2.05) is 49.4 Å². The van der Waals surface area contributed by atoms with Crippen LogP contribution in [0, 0.1) is 6.92 Å². The van der Waals surface area contributed by atoms with Crippen molar-refractivity contribution in [2.75, 3.05) is 0 Å². The fraction of sp³-hybridized carbons (Fsp3) is 0.0588. The summed E-state index contributed by atoms with van der Waals surface area (Å²) < 4.78 is 1.81. The average molecular weight is 352 g/mol. The highest BCUT2D eigenvalue weighted by Gasteiger charge is 2.17. The van der Waals surface area contributed by atoms with Gasteiger partial charge in [-0.1, -0.05) is 23.8 Å². The third-order valence-electron chi connectivity index (χ3n) is 3.46. The number of thiazole rings is 1. The second kappa shape index (κ2) is 6.18. The molecule has 2 heterocycles. The summed E-state index contributed by atoms with van der Waals surface area (Å²) in [6.45, 7) is 1.96. The number of aryl methyl sites for hydroxylation is 1. The minimum absolute atomic E-state index is 0.0648. The molecule has 0 fully saturated rings. The van der Waals surface area contributed by atoms with E-state index in [9.17, 15) is 4.79 Å². The van der Waals surface area contributed by atoms with Crippen LogP contribution in [0.5, 0.6) is 0 Å². The second-order valence-corrected chi connectivity index (χ2v) is 7.43. The quantitative estimate of drug-likeness (QED) is 0.519. The van der Waals surface area contributed by atoms with Crippen molar-refractivity contribution in [3.63, 3.8) is 0 Å². The van der Waals surface area contributed by atoms with E-state index in [0.717, 1.165) is 31.9 Å². The van der Waals surface area contributed by atoms with Gasteiger partial charge in [-0.3, -0.25) is 4.79 Å². The highest BCUT2D eigenvalue weighted by Crippen LogP contribution is 2.32. The summed E-state index contributed by atoms with van der Waals surface area (Å²) in [7, 11) is 0. The minimum Gasteiger partial charge on any atom is -0.281 e. The fourth-order valence-electron chi connectivity index (χ4n) is 2.36. The molecule has 0 saturated carbocycles. The number of rotatable bonds is 3. The predicted molar refractivity (Wildman–Crippen MR) is 95.9 cm³/mol. The molecule has 0 atom stereocenters. The van der Waals surface area contributed by atoms with E-state index in [1.165, 1.54) is 16.1 Å². The van der Waals surface area contributed by atoms with Gasteiger partial charge in [-0.2, -0.15) is 15.0 Å². The molecule has 0 spiro atoms. The van der Waals surface area contributed by atoms with Gasteiger partial charge in [0.15, 0.2) is 4.34 Å². The number of para-hydroxylation sites is 1. The Kier molecular flexibility index (Phi) is 3.87. The normalized spacial score (nSPS) is 11.0. The molecule has 0 aliphatic heterocycles. The number of aromatic nitrogens is 4. The maximum atomic E-state index is 12.8. The number of benzene rings is 2. The van der Waals surface area contributed by atoms with Crippen molar-refractivity contribution in [1.82, 2.24) is 20.0 Å².